The molecule has 2 aromatic heterocycles. The van der Waals surface area contributed by atoms with Crippen molar-refractivity contribution in [3.63, 3.8) is 0 Å². The summed E-state index contributed by atoms with van der Waals surface area (Å²) in [6.07, 6.45) is 1.92. The van der Waals surface area contributed by atoms with Crippen LogP contribution in [0.25, 0.3) is 11.3 Å². The van der Waals surface area contributed by atoms with Crippen LogP contribution in [0.1, 0.15) is 49.0 Å². The minimum Gasteiger partial charge on any atom is -0.493 e. The van der Waals surface area contributed by atoms with Gasteiger partial charge in [0.05, 0.1) is 18.9 Å². The van der Waals surface area contributed by atoms with E-state index < -0.39 is 21.7 Å². The van der Waals surface area contributed by atoms with Crippen molar-refractivity contribution < 1.29 is 27.1 Å². The highest BCUT2D eigenvalue weighted by Gasteiger charge is 2.24. The lowest BCUT2D eigenvalue weighted by Gasteiger charge is -2.16. The number of ether oxygens (including phenoxy) is 2. The Bertz CT molecular complexity index is 1580. The molecule has 0 spiro atoms. The fourth-order valence-electron chi connectivity index (χ4n) is 3.96. The second kappa shape index (κ2) is 13.4. The van der Waals surface area contributed by atoms with Crippen LogP contribution in [0.4, 0.5) is 4.39 Å². The zero-order chi connectivity index (χ0) is 29.4. The Hall–Kier alpha value is -4.31. The molecule has 2 aromatic carbocycles. The van der Waals surface area contributed by atoms with Crippen LogP contribution < -0.4 is 14.2 Å². The number of aromatic nitrogens is 2. The molecule has 214 valence electrons. The molecule has 0 aliphatic heterocycles. The summed E-state index contributed by atoms with van der Waals surface area (Å²) in [6, 6.07) is 21.4. The number of carbonyl (C=O) groups excluding carboxylic acids is 1. The number of amides is 1. The van der Waals surface area contributed by atoms with Crippen LogP contribution in [0, 0.1) is 11.7 Å². The molecule has 8 nitrogen and oxygen atoms in total. The van der Waals surface area contributed by atoms with Gasteiger partial charge in [0.15, 0.2) is 5.03 Å². The summed E-state index contributed by atoms with van der Waals surface area (Å²) in [5.41, 5.74) is 1.78. The number of halogens is 1. The predicted octanol–water partition coefficient (Wildman–Crippen LogP) is 6.01. The van der Waals surface area contributed by atoms with E-state index in [9.17, 15) is 17.6 Å². The molecule has 0 radical (unpaired) electrons. The molecular weight excluding hydrogens is 545 g/mol. The molecule has 1 unspecified atom stereocenters. The summed E-state index contributed by atoms with van der Waals surface area (Å²) in [5.74, 6) is -0.766. The number of nitrogens with one attached hydrogen (secondary N) is 1. The van der Waals surface area contributed by atoms with Crippen LogP contribution in [0.15, 0.2) is 90.1 Å². The molecule has 0 aliphatic rings. The van der Waals surface area contributed by atoms with E-state index in [1.807, 2.05) is 48.9 Å². The van der Waals surface area contributed by atoms with Crippen LogP contribution in [0.2, 0.25) is 0 Å². The Morgan fingerprint density at radius 1 is 0.951 bits per heavy atom. The molecule has 1 N–H and O–H groups in total. The molecule has 0 fully saturated rings. The smallest absolute Gasteiger partial charge is 0.281 e. The van der Waals surface area contributed by atoms with Crippen LogP contribution >= 0.6 is 0 Å². The third kappa shape index (κ3) is 8.11. The Balaban J connectivity index is 1.62. The number of benzene rings is 2. The number of carbonyl (C=O) groups is 1. The lowest BCUT2D eigenvalue weighted by molar-refractivity contribution is 0.0976. The van der Waals surface area contributed by atoms with E-state index in [-0.39, 0.29) is 34.9 Å². The molecule has 1 atom stereocenters. The lowest BCUT2D eigenvalue weighted by Crippen LogP contribution is -2.31. The van der Waals surface area contributed by atoms with Gasteiger partial charge in [0.1, 0.15) is 17.1 Å². The average Bonchev–Trinajstić information content (AvgIpc) is 2.96. The monoisotopic (exact) mass is 577 g/mol. The quantitative estimate of drug-likeness (QED) is 0.220. The van der Waals surface area contributed by atoms with Gasteiger partial charge in [0.2, 0.25) is 5.88 Å². The Kier molecular flexibility index (Phi) is 9.67. The molecule has 0 saturated carbocycles. The second-order valence-corrected chi connectivity index (χ2v) is 11.6. The van der Waals surface area contributed by atoms with Gasteiger partial charge >= 0.3 is 0 Å². The lowest BCUT2D eigenvalue weighted by atomic mass is 9.98. The highest BCUT2D eigenvalue weighted by molar-refractivity contribution is 7.90. The van der Waals surface area contributed by atoms with Crippen molar-refractivity contribution in [1.29, 1.82) is 0 Å². The van der Waals surface area contributed by atoms with Gasteiger partial charge in [-0.05, 0) is 60.2 Å². The second-order valence-electron chi connectivity index (χ2n) is 9.98. The molecule has 0 bridgehead atoms. The first-order valence-corrected chi connectivity index (χ1v) is 14.7. The first kappa shape index (κ1) is 29.7. The number of sulfonamides is 1. The number of hydrogen-bond acceptors (Lipinski definition) is 7. The van der Waals surface area contributed by atoms with Crippen molar-refractivity contribution in [2.24, 2.45) is 5.92 Å². The van der Waals surface area contributed by atoms with Gasteiger partial charge in [-0.15, -0.1) is 0 Å². The maximum atomic E-state index is 14.5. The minimum absolute atomic E-state index is 0.0783. The summed E-state index contributed by atoms with van der Waals surface area (Å²) in [4.78, 5) is 21.5. The molecule has 4 aromatic rings. The first-order valence-electron chi connectivity index (χ1n) is 13.2. The Morgan fingerprint density at radius 3 is 2.41 bits per heavy atom. The van der Waals surface area contributed by atoms with E-state index >= 15 is 0 Å². The third-order valence-corrected chi connectivity index (χ3v) is 7.40. The maximum Gasteiger partial charge on any atom is 0.281 e. The minimum atomic E-state index is -4.24. The molecule has 41 heavy (non-hydrogen) atoms. The van der Waals surface area contributed by atoms with Gasteiger partial charge in [0, 0.05) is 17.8 Å². The molecule has 1 amide bonds. The summed E-state index contributed by atoms with van der Waals surface area (Å²) < 4.78 is 53.7. The number of rotatable bonds is 12. The van der Waals surface area contributed by atoms with Crippen molar-refractivity contribution >= 4 is 15.9 Å². The van der Waals surface area contributed by atoms with E-state index in [0.29, 0.717) is 30.0 Å². The third-order valence-electron chi connectivity index (χ3n) is 6.15. The van der Waals surface area contributed by atoms with Crippen LogP contribution in [-0.2, 0) is 10.0 Å². The standard InChI is InChI=1S/C31H32FN3O5S/c1-21(2)20-40-26-18-24(17-25(32)19-26)28-13-12-27(30(36)35-41(37,38)29-11-7-8-15-33-29)31(34-28)39-16-14-22(3)23-9-5-4-6-10-23/h4-13,15,17-19,21-22H,14,16,20H2,1-3H3,(H,35,36). The molecular formula is C31H32FN3O5S. The van der Waals surface area contributed by atoms with E-state index in [4.69, 9.17) is 9.47 Å². The summed E-state index contributed by atoms with van der Waals surface area (Å²) in [5, 5.41) is -0.300. The van der Waals surface area contributed by atoms with Crippen LogP contribution in [0.3, 0.4) is 0 Å². The van der Waals surface area contributed by atoms with Crippen LogP contribution in [0.5, 0.6) is 11.6 Å². The van der Waals surface area contributed by atoms with Crippen molar-refractivity contribution in [2.75, 3.05) is 13.2 Å². The molecule has 4 rings (SSSR count). The van der Waals surface area contributed by atoms with Gasteiger partial charge in [0.25, 0.3) is 15.9 Å². The molecule has 10 heteroatoms. The maximum absolute atomic E-state index is 14.5. The van der Waals surface area contributed by atoms with Gasteiger partial charge < -0.3 is 9.47 Å². The van der Waals surface area contributed by atoms with Crippen molar-refractivity contribution in [2.45, 2.75) is 38.1 Å². The summed E-state index contributed by atoms with van der Waals surface area (Å²) >= 11 is 0. The van der Waals surface area contributed by atoms with E-state index in [0.717, 1.165) is 5.56 Å². The van der Waals surface area contributed by atoms with Crippen LogP contribution in [-0.4, -0.2) is 37.5 Å². The van der Waals surface area contributed by atoms with Gasteiger partial charge in [-0.25, -0.2) is 19.1 Å². The fourth-order valence-corrected chi connectivity index (χ4v) is 4.87. The number of hydrogen-bond donors (Lipinski definition) is 1. The van der Waals surface area contributed by atoms with E-state index in [1.54, 1.807) is 12.1 Å². The Labute approximate surface area is 239 Å². The molecule has 0 aliphatic carbocycles. The zero-order valence-corrected chi connectivity index (χ0v) is 23.9. The Morgan fingerprint density at radius 2 is 1.71 bits per heavy atom. The largest absolute Gasteiger partial charge is 0.493 e. The zero-order valence-electron chi connectivity index (χ0n) is 23.1. The van der Waals surface area contributed by atoms with Crippen molar-refractivity contribution in [1.82, 2.24) is 14.7 Å². The number of pyridine rings is 2. The van der Waals surface area contributed by atoms with E-state index in [2.05, 4.69) is 16.9 Å². The first-order chi connectivity index (χ1) is 19.6. The van der Waals surface area contributed by atoms with Crippen molar-refractivity contribution in [3.8, 4) is 22.9 Å². The molecule has 0 saturated heterocycles. The summed E-state index contributed by atoms with van der Waals surface area (Å²) in [6.45, 7) is 6.64. The van der Waals surface area contributed by atoms with Crippen molar-refractivity contribution in [3.05, 3.63) is 102 Å². The highest BCUT2D eigenvalue weighted by atomic mass is 32.2. The molecule has 2 heterocycles. The van der Waals surface area contributed by atoms with Gasteiger partial charge in [-0.3, -0.25) is 4.79 Å². The average molecular weight is 578 g/mol. The normalized spacial score (nSPS) is 12.1. The topological polar surface area (TPSA) is 107 Å². The summed E-state index contributed by atoms with van der Waals surface area (Å²) in [7, 11) is -4.24. The predicted molar refractivity (Wildman–Crippen MR) is 154 cm³/mol. The highest BCUT2D eigenvalue weighted by Crippen LogP contribution is 2.29. The fraction of sp³-hybridized carbons (Fsp3) is 0.258. The van der Waals surface area contributed by atoms with Gasteiger partial charge in [-0.2, -0.15) is 8.42 Å². The van der Waals surface area contributed by atoms with Gasteiger partial charge in [-0.1, -0.05) is 57.2 Å². The van der Waals surface area contributed by atoms with E-state index in [1.165, 1.54) is 42.6 Å². The number of nitrogens with zero attached hydrogens (tertiary/aromatic N) is 2. The SMILES string of the molecule is CC(C)COc1cc(F)cc(-c2ccc(C(=O)NS(=O)(=O)c3ccccn3)c(OCCC(C)c3ccccc3)n2)c1.